The van der Waals surface area contributed by atoms with Crippen molar-refractivity contribution in [2.45, 2.75) is 39.0 Å². The summed E-state index contributed by atoms with van der Waals surface area (Å²) in [5.41, 5.74) is 0.997. The summed E-state index contributed by atoms with van der Waals surface area (Å²) in [7, 11) is 1.83. The van der Waals surface area contributed by atoms with Gasteiger partial charge in [0.1, 0.15) is 18.0 Å². The standard InChI is InChI=1S/C22H31N7O/c1-4-23-21(26-17-22(2,30)19-14-27-28(3)16-19)25-15-20-24-11-13-29(20)12-10-18-8-6-5-7-9-18/h5-9,11,13-14,16,30H,4,10,12,15,17H2,1-3H3,(H2,23,25,26). The quantitative estimate of drug-likeness (QED) is 0.370. The predicted octanol–water partition coefficient (Wildman–Crippen LogP) is 1.82. The van der Waals surface area contributed by atoms with Crippen LogP contribution in [-0.4, -0.2) is 43.5 Å². The molecule has 0 saturated heterocycles. The monoisotopic (exact) mass is 409 g/mol. The van der Waals surface area contributed by atoms with Crippen LogP contribution in [0.15, 0.2) is 60.1 Å². The Morgan fingerprint density at radius 2 is 2.03 bits per heavy atom. The molecule has 0 bridgehead atoms. The van der Waals surface area contributed by atoms with Gasteiger partial charge in [0.05, 0.1) is 12.7 Å². The van der Waals surface area contributed by atoms with Crippen molar-refractivity contribution in [1.29, 1.82) is 0 Å². The van der Waals surface area contributed by atoms with Gasteiger partial charge in [0, 0.05) is 44.3 Å². The highest BCUT2D eigenvalue weighted by molar-refractivity contribution is 5.79. The van der Waals surface area contributed by atoms with E-state index in [2.05, 4.69) is 54.5 Å². The summed E-state index contributed by atoms with van der Waals surface area (Å²) in [5, 5.41) is 21.4. The van der Waals surface area contributed by atoms with E-state index in [-0.39, 0.29) is 0 Å². The van der Waals surface area contributed by atoms with Crippen LogP contribution in [0.1, 0.15) is 30.8 Å². The summed E-state index contributed by atoms with van der Waals surface area (Å²) in [6, 6.07) is 10.4. The van der Waals surface area contributed by atoms with Crippen LogP contribution >= 0.6 is 0 Å². The second kappa shape index (κ2) is 10.1. The molecule has 0 aliphatic carbocycles. The lowest BCUT2D eigenvalue weighted by Gasteiger charge is -2.23. The number of rotatable bonds is 9. The molecular formula is C22H31N7O. The molecule has 2 heterocycles. The molecule has 2 aromatic heterocycles. The van der Waals surface area contributed by atoms with Gasteiger partial charge in [-0.25, -0.2) is 9.98 Å². The zero-order valence-corrected chi connectivity index (χ0v) is 17.9. The SMILES string of the molecule is CCNC(=NCc1nccn1CCc1ccccc1)NCC(C)(O)c1cnn(C)c1. The Hall–Kier alpha value is -3.13. The van der Waals surface area contributed by atoms with Crippen LogP contribution in [0, 0.1) is 0 Å². The summed E-state index contributed by atoms with van der Waals surface area (Å²) < 4.78 is 3.81. The third-order valence-electron chi connectivity index (χ3n) is 4.94. The molecular weight excluding hydrogens is 378 g/mol. The molecule has 3 rings (SSSR count). The fourth-order valence-corrected chi connectivity index (χ4v) is 3.14. The van der Waals surface area contributed by atoms with Crippen molar-refractivity contribution < 1.29 is 5.11 Å². The van der Waals surface area contributed by atoms with E-state index >= 15 is 0 Å². The average Bonchev–Trinajstić information content (AvgIpc) is 3.38. The average molecular weight is 410 g/mol. The second-order valence-corrected chi connectivity index (χ2v) is 7.50. The first-order valence-corrected chi connectivity index (χ1v) is 10.3. The maximum atomic E-state index is 10.8. The lowest BCUT2D eigenvalue weighted by atomic mass is 10.00. The highest BCUT2D eigenvalue weighted by atomic mass is 16.3. The number of nitrogens with one attached hydrogen (secondary N) is 2. The van der Waals surface area contributed by atoms with Gasteiger partial charge in [-0.15, -0.1) is 0 Å². The molecule has 3 N–H and O–H groups in total. The Balaban J connectivity index is 1.60. The van der Waals surface area contributed by atoms with Crippen molar-refractivity contribution in [2.24, 2.45) is 12.0 Å². The molecule has 3 aromatic rings. The molecule has 0 radical (unpaired) electrons. The number of aliphatic imine (C=N–C) groups is 1. The molecule has 0 amide bonds. The highest BCUT2D eigenvalue weighted by Crippen LogP contribution is 2.18. The van der Waals surface area contributed by atoms with Crippen molar-refractivity contribution in [3.05, 3.63) is 72.1 Å². The maximum absolute atomic E-state index is 10.8. The molecule has 8 nitrogen and oxygen atoms in total. The third-order valence-corrected chi connectivity index (χ3v) is 4.94. The van der Waals surface area contributed by atoms with Crippen molar-refractivity contribution in [2.75, 3.05) is 13.1 Å². The summed E-state index contributed by atoms with van der Waals surface area (Å²) >= 11 is 0. The van der Waals surface area contributed by atoms with Crippen LogP contribution in [0.4, 0.5) is 0 Å². The molecule has 0 saturated carbocycles. The first-order chi connectivity index (χ1) is 14.5. The van der Waals surface area contributed by atoms with Gasteiger partial charge in [-0.2, -0.15) is 5.10 Å². The van der Waals surface area contributed by atoms with Crippen molar-refractivity contribution in [1.82, 2.24) is 30.0 Å². The van der Waals surface area contributed by atoms with E-state index in [4.69, 9.17) is 0 Å². The second-order valence-electron chi connectivity index (χ2n) is 7.50. The van der Waals surface area contributed by atoms with Crippen LogP contribution in [0.2, 0.25) is 0 Å². The van der Waals surface area contributed by atoms with Crippen molar-refractivity contribution in [3.8, 4) is 0 Å². The van der Waals surface area contributed by atoms with E-state index < -0.39 is 5.60 Å². The molecule has 1 atom stereocenters. The fourth-order valence-electron chi connectivity index (χ4n) is 3.14. The maximum Gasteiger partial charge on any atom is 0.191 e. The summed E-state index contributed by atoms with van der Waals surface area (Å²) in [4.78, 5) is 9.11. The normalized spacial score (nSPS) is 13.8. The zero-order valence-electron chi connectivity index (χ0n) is 17.9. The number of hydrogen-bond donors (Lipinski definition) is 3. The van der Waals surface area contributed by atoms with E-state index in [0.717, 1.165) is 30.9 Å². The number of nitrogens with zero attached hydrogens (tertiary/aromatic N) is 5. The smallest absolute Gasteiger partial charge is 0.191 e. The number of aliphatic hydroxyl groups is 1. The Morgan fingerprint density at radius 3 is 2.73 bits per heavy atom. The Kier molecular flexibility index (Phi) is 7.24. The van der Waals surface area contributed by atoms with Crippen molar-refractivity contribution in [3.63, 3.8) is 0 Å². The number of imidazole rings is 1. The topological polar surface area (TPSA) is 92.3 Å². The number of guanidine groups is 1. The minimum atomic E-state index is -1.06. The van der Waals surface area contributed by atoms with E-state index in [1.54, 1.807) is 17.8 Å². The van der Waals surface area contributed by atoms with Gasteiger partial charge in [-0.05, 0) is 25.8 Å². The molecule has 1 aromatic carbocycles. The molecule has 0 spiro atoms. The number of aryl methyl sites for hydroxylation is 3. The Bertz CT molecular complexity index is 943. The van der Waals surface area contributed by atoms with Gasteiger partial charge < -0.3 is 20.3 Å². The zero-order chi connectivity index (χ0) is 21.4. The molecule has 0 fully saturated rings. The fraction of sp³-hybridized carbons (Fsp3) is 0.409. The summed E-state index contributed by atoms with van der Waals surface area (Å²) in [6.45, 7) is 6.12. The predicted molar refractivity (Wildman–Crippen MR) is 118 cm³/mol. The van der Waals surface area contributed by atoms with Gasteiger partial charge in [-0.1, -0.05) is 30.3 Å². The van der Waals surface area contributed by atoms with Crippen LogP contribution in [0.5, 0.6) is 0 Å². The lowest BCUT2D eigenvalue weighted by Crippen LogP contribution is -2.44. The molecule has 30 heavy (non-hydrogen) atoms. The minimum Gasteiger partial charge on any atom is -0.383 e. The molecule has 1 unspecified atom stereocenters. The number of hydrogen-bond acceptors (Lipinski definition) is 4. The van der Waals surface area contributed by atoms with Crippen LogP contribution in [0.3, 0.4) is 0 Å². The summed E-state index contributed by atoms with van der Waals surface area (Å²) in [5.74, 6) is 1.54. The summed E-state index contributed by atoms with van der Waals surface area (Å²) in [6.07, 6.45) is 8.23. The van der Waals surface area contributed by atoms with E-state index in [0.29, 0.717) is 19.0 Å². The molecule has 8 heteroatoms. The van der Waals surface area contributed by atoms with Gasteiger partial charge in [0.2, 0.25) is 0 Å². The van der Waals surface area contributed by atoms with E-state index in [1.807, 2.05) is 38.6 Å². The Morgan fingerprint density at radius 1 is 1.23 bits per heavy atom. The lowest BCUT2D eigenvalue weighted by molar-refractivity contribution is 0.0616. The first kappa shape index (κ1) is 21.6. The Labute approximate surface area is 177 Å². The van der Waals surface area contributed by atoms with Gasteiger partial charge in [-0.3, -0.25) is 4.68 Å². The first-order valence-electron chi connectivity index (χ1n) is 10.3. The third kappa shape index (κ3) is 5.93. The number of benzene rings is 1. The largest absolute Gasteiger partial charge is 0.383 e. The van der Waals surface area contributed by atoms with E-state index in [9.17, 15) is 5.11 Å². The van der Waals surface area contributed by atoms with Gasteiger partial charge in [0.15, 0.2) is 5.96 Å². The molecule has 0 aliphatic heterocycles. The van der Waals surface area contributed by atoms with E-state index in [1.165, 1.54) is 5.56 Å². The van der Waals surface area contributed by atoms with Gasteiger partial charge in [0.25, 0.3) is 0 Å². The minimum absolute atomic E-state index is 0.312. The molecule has 160 valence electrons. The number of aromatic nitrogens is 4. The van der Waals surface area contributed by atoms with Crippen LogP contribution < -0.4 is 10.6 Å². The van der Waals surface area contributed by atoms with Crippen molar-refractivity contribution >= 4 is 5.96 Å². The van der Waals surface area contributed by atoms with Gasteiger partial charge >= 0.3 is 0 Å². The highest BCUT2D eigenvalue weighted by Gasteiger charge is 2.25. The van der Waals surface area contributed by atoms with Crippen LogP contribution in [-0.2, 0) is 32.2 Å². The molecule has 0 aliphatic rings. The van der Waals surface area contributed by atoms with Crippen LogP contribution in [0.25, 0.3) is 0 Å².